The van der Waals surface area contributed by atoms with Crippen molar-refractivity contribution in [3.8, 4) is 11.5 Å². The van der Waals surface area contributed by atoms with Gasteiger partial charge in [-0.2, -0.15) is 5.10 Å². The van der Waals surface area contributed by atoms with Crippen molar-refractivity contribution < 1.29 is 14.3 Å². The molecule has 0 spiro atoms. The van der Waals surface area contributed by atoms with Crippen LogP contribution in [-0.4, -0.2) is 23.4 Å². The fourth-order valence-corrected chi connectivity index (χ4v) is 3.29. The van der Waals surface area contributed by atoms with Crippen molar-refractivity contribution in [1.82, 2.24) is 5.01 Å². The molecule has 4 rings (SSSR count). The highest BCUT2D eigenvalue weighted by Crippen LogP contribution is 2.37. The van der Waals surface area contributed by atoms with Crippen molar-refractivity contribution in [2.75, 3.05) is 6.79 Å². The van der Waals surface area contributed by atoms with E-state index < -0.39 is 0 Å². The zero-order chi connectivity index (χ0) is 17.4. The first-order chi connectivity index (χ1) is 12.2. The van der Waals surface area contributed by atoms with Gasteiger partial charge in [0.15, 0.2) is 11.5 Å². The molecule has 1 atom stereocenters. The van der Waals surface area contributed by atoms with E-state index in [1.54, 1.807) is 11.9 Å². The number of fused-ring (bicyclic) bond motifs is 1. The summed E-state index contributed by atoms with van der Waals surface area (Å²) in [5.41, 5.74) is 4.24. The Morgan fingerprint density at radius 3 is 2.64 bits per heavy atom. The van der Waals surface area contributed by atoms with Crippen molar-refractivity contribution in [3.63, 3.8) is 0 Å². The Balaban J connectivity index is 1.64. The lowest BCUT2D eigenvalue weighted by Gasteiger charge is -2.20. The number of benzene rings is 2. The predicted octanol–water partition coefficient (Wildman–Crippen LogP) is 3.68. The Bertz CT molecular complexity index is 843. The van der Waals surface area contributed by atoms with Crippen LogP contribution in [0.25, 0.3) is 0 Å². The normalized spacial score (nSPS) is 18.4. The number of nitrogens with zero attached hydrogens (tertiary/aromatic N) is 2. The third kappa shape index (κ3) is 2.86. The lowest BCUT2D eigenvalue weighted by atomic mass is 9.97. The van der Waals surface area contributed by atoms with Crippen molar-refractivity contribution in [2.45, 2.75) is 32.7 Å². The number of hydrazone groups is 1. The summed E-state index contributed by atoms with van der Waals surface area (Å²) in [6, 6.07) is 14.1. The van der Waals surface area contributed by atoms with Crippen molar-refractivity contribution >= 4 is 11.6 Å². The largest absolute Gasteiger partial charge is 0.454 e. The monoisotopic (exact) mass is 336 g/mol. The molecule has 25 heavy (non-hydrogen) atoms. The van der Waals surface area contributed by atoms with Gasteiger partial charge in [0.2, 0.25) is 12.7 Å². The van der Waals surface area contributed by atoms with Crippen molar-refractivity contribution in [1.29, 1.82) is 0 Å². The van der Waals surface area contributed by atoms with Gasteiger partial charge in [0, 0.05) is 18.9 Å². The second kappa shape index (κ2) is 6.24. The lowest BCUT2D eigenvalue weighted by molar-refractivity contribution is -0.130. The average molecular weight is 336 g/mol. The maximum absolute atomic E-state index is 12.1. The van der Waals surface area contributed by atoms with E-state index in [-0.39, 0.29) is 18.7 Å². The van der Waals surface area contributed by atoms with Gasteiger partial charge in [-0.05, 0) is 35.7 Å². The maximum Gasteiger partial charge on any atom is 0.240 e. The number of rotatable bonds is 3. The minimum atomic E-state index is -0.0659. The van der Waals surface area contributed by atoms with Gasteiger partial charge in [-0.1, -0.05) is 31.2 Å². The van der Waals surface area contributed by atoms with E-state index in [1.807, 2.05) is 18.2 Å². The first-order valence-corrected chi connectivity index (χ1v) is 8.52. The van der Waals surface area contributed by atoms with Gasteiger partial charge in [-0.3, -0.25) is 4.79 Å². The Kier molecular flexibility index (Phi) is 3.92. The van der Waals surface area contributed by atoms with Gasteiger partial charge in [0.1, 0.15) is 0 Å². The van der Waals surface area contributed by atoms with Crippen LogP contribution in [0.1, 0.15) is 43.0 Å². The Morgan fingerprint density at radius 1 is 1.16 bits per heavy atom. The Morgan fingerprint density at radius 2 is 1.92 bits per heavy atom. The number of carbonyl (C=O) groups is 1. The van der Waals surface area contributed by atoms with Crippen LogP contribution in [0.5, 0.6) is 11.5 Å². The second-order valence-electron chi connectivity index (χ2n) is 6.29. The van der Waals surface area contributed by atoms with Crippen molar-refractivity contribution in [3.05, 3.63) is 59.2 Å². The first kappa shape index (κ1) is 15.7. The van der Waals surface area contributed by atoms with Crippen LogP contribution < -0.4 is 9.47 Å². The van der Waals surface area contributed by atoms with E-state index >= 15 is 0 Å². The molecule has 1 amide bonds. The minimum absolute atomic E-state index is 0.0553. The van der Waals surface area contributed by atoms with E-state index in [9.17, 15) is 4.79 Å². The van der Waals surface area contributed by atoms with E-state index in [0.29, 0.717) is 6.42 Å². The topological polar surface area (TPSA) is 51.1 Å². The number of ether oxygens (including phenoxy) is 2. The first-order valence-electron chi connectivity index (χ1n) is 8.52. The summed E-state index contributed by atoms with van der Waals surface area (Å²) in [7, 11) is 0. The van der Waals surface area contributed by atoms with Crippen LogP contribution in [0.2, 0.25) is 0 Å². The SMILES string of the molecule is CCc1ccc(C2CC(c3ccc4c(c3)OCO4)=NN2C(C)=O)cc1. The highest BCUT2D eigenvalue weighted by Gasteiger charge is 2.31. The molecule has 0 radical (unpaired) electrons. The third-order valence-electron chi connectivity index (χ3n) is 4.71. The molecule has 1 unspecified atom stereocenters. The van der Waals surface area contributed by atoms with E-state index in [4.69, 9.17) is 9.47 Å². The summed E-state index contributed by atoms with van der Waals surface area (Å²) in [5, 5.41) is 6.17. The highest BCUT2D eigenvalue weighted by molar-refractivity contribution is 6.03. The smallest absolute Gasteiger partial charge is 0.240 e. The molecule has 0 saturated heterocycles. The van der Waals surface area contributed by atoms with Crippen LogP contribution in [0.15, 0.2) is 47.6 Å². The fourth-order valence-electron chi connectivity index (χ4n) is 3.29. The number of carbonyl (C=O) groups excluding carboxylic acids is 1. The molecule has 0 N–H and O–H groups in total. The molecule has 0 aliphatic carbocycles. The molecule has 5 nitrogen and oxygen atoms in total. The summed E-state index contributed by atoms with van der Waals surface area (Å²) < 4.78 is 10.8. The number of hydrogen-bond acceptors (Lipinski definition) is 4. The molecule has 0 saturated carbocycles. The molecule has 0 aromatic heterocycles. The molecule has 0 fully saturated rings. The number of hydrogen-bond donors (Lipinski definition) is 0. The van der Waals surface area contributed by atoms with Gasteiger partial charge in [-0.15, -0.1) is 0 Å². The molecule has 2 aromatic carbocycles. The third-order valence-corrected chi connectivity index (χ3v) is 4.71. The van der Waals surface area contributed by atoms with Crippen LogP contribution >= 0.6 is 0 Å². The molecule has 2 aromatic rings. The van der Waals surface area contributed by atoms with E-state index in [2.05, 4.69) is 36.3 Å². The standard InChI is InChI=1S/C20H20N2O3/c1-3-14-4-6-15(7-5-14)18-11-17(21-22(18)13(2)23)16-8-9-19-20(10-16)25-12-24-19/h4-10,18H,3,11-12H2,1-2H3. The molecule has 128 valence electrons. The summed E-state index contributed by atoms with van der Waals surface area (Å²) in [6.07, 6.45) is 1.69. The molecular formula is C20H20N2O3. The summed E-state index contributed by atoms with van der Waals surface area (Å²) in [6.45, 7) is 3.93. The van der Waals surface area contributed by atoms with E-state index in [0.717, 1.165) is 34.8 Å². The summed E-state index contributed by atoms with van der Waals surface area (Å²) in [4.78, 5) is 12.1. The predicted molar refractivity (Wildman–Crippen MR) is 94.8 cm³/mol. The van der Waals surface area contributed by atoms with Gasteiger partial charge in [0.25, 0.3) is 0 Å². The zero-order valence-electron chi connectivity index (χ0n) is 14.4. The summed E-state index contributed by atoms with van der Waals surface area (Å²) >= 11 is 0. The number of aryl methyl sites for hydroxylation is 1. The molecule has 5 heteroatoms. The average Bonchev–Trinajstić information content (AvgIpc) is 3.28. The number of amides is 1. The molecule has 2 heterocycles. The Labute approximate surface area is 146 Å². The van der Waals surface area contributed by atoms with E-state index in [1.165, 1.54) is 5.56 Å². The van der Waals surface area contributed by atoms with Crippen LogP contribution in [0, 0.1) is 0 Å². The fraction of sp³-hybridized carbons (Fsp3) is 0.300. The van der Waals surface area contributed by atoms with Gasteiger partial charge in [0.05, 0.1) is 11.8 Å². The molecule has 2 aliphatic rings. The van der Waals surface area contributed by atoms with Crippen LogP contribution in [0.3, 0.4) is 0 Å². The van der Waals surface area contributed by atoms with Gasteiger partial charge < -0.3 is 9.47 Å². The summed E-state index contributed by atoms with van der Waals surface area (Å²) in [5.74, 6) is 1.42. The molecule has 0 bridgehead atoms. The maximum atomic E-state index is 12.1. The molecule has 2 aliphatic heterocycles. The van der Waals surface area contributed by atoms with Gasteiger partial charge in [-0.25, -0.2) is 5.01 Å². The highest BCUT2D eigenvalue weighted by atomic mass is 16.7. The van der Waals surface area contributed by atoms with Crippen molar-refractivity contribution in [2.24, 2.45) is 5.10 Å². The Hall–Kier alpha value is -2.82. The second-order valence-corrected chi connectivity index (χ2v) is 6.29. The minimum Gasteiger partial charge on any atom is -0.454 e. The van der Waals surface area contributed by atoms with Gasteiger partial charge >= 0.3 is 0 Å². The quantitative estimate of drug-likeness (QED) is 0.859. The van der Waals surface area contributed by atoms with Crippen LogP contribution in [0.4, 0.5) is 0 Å². The zero-order valence-corrected chi connectivity index (χ0v) is 14.4. The lowest BCUT2D eigenvalue weighted by Crippen LogP contribution is -2.24. The molecular weight excluding hydrogens is 316 g/mol. The van der Waals surface area contributed by atoms with Crippen LogP contribution in [-0.2, 0) is 11.2 Å².